The van der Waals surface area contributed by atoms with Gasteiger partial charge in [-0.05, 0) is 36.8 Å². The molecule has 146 valence electrons. The van der Waals surface area contributed by atoms with Crippen LogP contribution >= 0.6 is 12.4 Å². The molecule has 6 heteroatoms. The fourth-order valence-electron chi connectivity index (χ4n) is 3.61. The van der Waals surface area contributed by atoms with Gasteiger partial charge < -0.3 is 15.4 Å². The van der Waals surface area contributed by atoms with Gasteiger partial charge in [-0.15, -0.1) is 12.4 Å². The number of benzene rings is 1. The van der Waals surface area contributed by atoms with Crippen LogP contribution < -0.4 is 4.90 Å². The highest BCUT2D eigenvalue weighted by Gasteiger charge is 2.19. The van der Waals surface area contributed by atoms with Gasteiger partial charge in [-0.2, -0.15) is 0 Å². The van der Waals surface area contributed by atoms with Crippen LogP contribution in [-0.2, 0) is 6.42 Å². The van der Waals surface area contributed by atoms with Gasteiger partial charge in [0.15, 0.2) is 5.82 Å². The van der Waals surface area contributed by atoms with Crippen molar-refractivity contribution in [1.82, 2.24) is 15.0 Å². The summed E-state index contributed by atoms with van der Waals surface area (Å²) in [6, 6.07) is 12.6. The number of hydrogen-bond acceptors (Lipinski definition) is 3. The number of aromatic nitrogens is 3. The molecule has 0 bridgehead atoms. The molecule has 4 rings (SSSR count). The predicted molar refractivity (Wildman–Crippen MR) is 115 cm³/mol. The Morgan fingerprint density at radius 1 is 1.04 bits per heavy atom. The second kappa shape index (κ2) is 9.20. The monoisotopic (exact) mass is 388 g/mol. The van der Waals surface area contributed by atoms with Crippen molar-refractivity contribution in [1.29, 1.82) is 0 Å². The average molecular weight is 389 g/mol. The summed E-state index contributed by atoms with van der Waals surface area (Å²) in [5, 5.41) is 0. The number of nitrogens with zero attached hydrogens (tertiary/aromatic N) is 3. The minimum atomic E-state index is 0. The Bertz CT molecular complexity index is 857. The lowest BCUT2D eigenvalue weighted by Gasteiger charge is -2.28. The molecule has 3 heterocycles. The molecule has 0 amide bonds. The van der Waals surface area contributed by atoms with E-state index < -0.39 is 0 Å². The van der Waals surface area contributed by atoms with Crippen LogP contribution in [0.15, 0.2) is 36.4 Å². The van der Waals surface area contributed by atoms with Gasteiger partial charge >= 0.3 is 0 Å². The summed E-state index contributed by atoms with van der Waals surface area (Å²) in [4.78, 5) is 15.8. The van der Waals surface area contributed by atoms with Crippen LogP contribution in [0.1, 0.15) is 38.9 Å². The zero-order valence-electron chi connectivity index (χ0n) is 16.0. The van der Waals surface area contributed by atoms with E-state index >= 15 is 0 Å². The second-order valence-electron chi connectivity index (χ2n) is 7.42. The molecule has 1 aliphatic rings. The van der Waals surface area contributed by atoms with Gasteiger partial charge in [-0.25, -0.2) is 9.97 Å². The van der Waals surface area contributed by atoms with E-state index in [2.05, 4.69) is 54.1 Å². The molecule has 0 aliphatic carbocycles. The van der Waals surface area contributed by atoms with Crippen LogP contribution in [0.4, 0.5) is 5.82 Å². The second-order valence-corrected chi connectivity index (χ2v) is 7.42. The molecule has 1 saturated heterocycles. The van der Waals surface area contributed by atoms with Crippen LogP contribution in [0.3, 0.4) is 0 Å². The summed E-state index contributed by atoms with van der Waals surface area (Å²) < 4.78 is 0. The molecule has 0 unspecified atom stereocenters. The van der Waals surface area contributed by atoms with E-state index in [0.29, 0.717) is 5.92 Å². The lowest BCUT2D eigenvalue weighted by Crippen LogP contribution is -2.30. The van der Waals surface area contributed by atoms with Gasteiger partial charge in [-0.3, -0.25) is 0 Å². The summed E-state index contributed by atoms with van der Waals surface area (Å²) in [5.41, 5.74) is 4.42. The quantitative estimate of drug-likeness (QED) is 0.719. The van der Waals surface area contributed by atoms with E-state index in [-0.39, 0.29) is 17.9 Å². The lowest BCUT2D eigenvalue weighted by atomic mass is 10.1. The summed E-state index contributed by atoms with van der Waals surface area (Å²) in [6.07, 6.45) is 4.74. The van der Waals surface area contributed by atoms with E-state index in [4.69, 9.17) is 9.97 Å². The molecule has 0 atom stereocenters. The first-order valence-electron chi connectivity index (χ1n) is 9.41. The van der Waals surface area contributed by atoms with Crippen molar-refractivity contribution < 1.29 is 5.48 Å². The zero-order valence-corrected chi connectivity index (χ0v) is 16.9. The molecule has 2 aromatic heterocycles. The highest BCUT2D eigenvalue weighted by atomic mass is 35.5. The number of piperidine rings is 1. The summed E-state index contributed by atoms with van der Waals surface area (Å²) in [7, 11) is 0. The van der Waals surface area contributed by atoms with Gasteiger partial charge in [0.05, 0.1) is 5.52 Å². The topological polar surface area (TPSA) is 76.3 Å². The Hall–Kier alpha value is -2.11. The maximum Gasteiger partial charge on any atom is 0.156 e. The largest absolute Gasteiger partial charge is 0.412 e. The smallest absolute Gasteiger partial charge is 0.156 e. The van der Waals surface area contributed by atoms with Crippen molar-refractivity contribution in [2.75, 3.05) is 18.0 Å². The fraction of sp³-hybridized carbons (Fsp3) is 0.429. The van der Waals surface area contributed by atoms with Crippen molar-refractivity contribution in [2.24, 2.45) is 5.92 Å². The van der Waals surface area contributed by atoms with Crippen molar-refractivity contribution in [3.05, 3.63) is 42.2 Å². The normalized spacial score (nSPS) is 14.1. The predicted octanol–water partition coefficient (Wildman–Crippen LogP) is 4.41. The van der Waals surface area contributed by atoms with Crippen molar-refractivity contribution in [3.63, 3.8) is 0 Å². The molecule has 3 aromatic rings. The first-order valence-corrected chi connectivity index (χ1v) is 9.41. The lowest BCUT2D eigenvalue weighted by molar-refractivity contribution is 0.570. The Kier molecular flexibility index (Phi) is 7.22. The Labute approximate surface area is 166 Å². The van der Waals surface area contributed by atoms with Crippen LogP contribution in [0.25, 0.3) is 22.3 Å². The number of H-pyrrole nitrogens is 1. The van der Waals surface area contributed by atoms with Crippen LogP contribution in [0.5, 0.6) is 0 Å². The molecule has 1 aliphatic heterocycles. The van der Waals surface area contributed by atoms with E-state index in [0.717, 1.165) is 47.9 Å². The molecule has 0 saturated carbocycles. The number of hydrogen-bond donors (Lipinski definition) is 1. The van der Waals surface area contributed by atoms with Crippen molar-refractivity contribution in [2.45, 2.75) is 39.5 Å². The van der Waals surface area contributed by atoms with Crippen molar-refractivity contribution >= 4 is 29.3 Å². The number of fused-ring (bicyclic) bond motifs is 1. The zero-order chi connectivity index (χ0) is 17.2. The minimum Gasteiger partial charge on any atom is -0.412 e. The van der Waals surface area contributed by atoms with Crippen LogP contribution in [0.2, 0.25) is 0 Å². The van der Waals surface area contributed by atoms with E-state index in [1.54, 1.807) is 0 Å². The van der Waals surface area contributed by atoms with E-state index in [9.17, 15) is 0 Å². The summed E-state index contributed by atoms with van der Waals surface area (Å²) in [5.74, 6) is 2.60. The average Bonchev–Trinajstić information content (AvgIpc) is 3.06. The maximum atomic E-state index is 4.96. The maximum absolute atomic E-state index is 4.96. The molecule has 0 radical (unpaired) electrons. The summed E-state index contributed by atoms with van der Waals surface area (Å²) >= 11 is 0. The first-order chi connectivity index (χ1) is 12.2. The Morgan fingerprint density at radius 3 is 2.41 bits per heavy atom. The van der Waals surface area contributed by atoms with Gasteiger partial charge in [0.2, 0.25) is 0 Å². The Balaban J connectivity index is 0.00000131. The standard InChI is InChI=1S/C21H26N4.ClH.H2O/c1-15(2)13-19-22-18-14-17(16-9-5-3-6-10-16)23-20(18)21(24-19)25-11-7-4-8-12-25;;/h3,5-6,9-10,14-15,23H,4,7-8,11-13H2,1-2H3;1H;1H2. The van der Waals surface area contributed by atoms with Gasteiger partial charge in [0.1, 0.15) is 11.3 Å². The highest BCUT2D eigenvalue weighted by molar-refractivity contribution is 5.91. The number of anilines is 1. The van der Waals surface area contributed by atoms with Gasteiger partial charge in [0.25, 0.3) is 0 Å². The van der Waals surface area contributed by atoms with Crippen LogP contribution in [-0.4, -0.2) is 33.5 Å². The first kappa shape index (κ1) is 21.2. The molecule has 0 spiro atoms. The third kappa shape index (κ3) is 4.60. The third-order valence-electron chi connectivity index (χ3n) is 4.84. The molecule has 3 N–H and O–H groups in total. The van der Waals surface area contributed by atoms with Gasteiger partial charge in [-0.1, -0.05) is 44.2 Å². The number of aromatic amines is 1. The highest BCUT2D eigenvalue weighted by Crippen LogP contribution is 2.30. The molecular weight excluding hydrogens is 360 g/mol. The third-order valence-corrected chi connectivity index (χ3v) is 4.84. The summed E-state index contributed by atoms with van der Waals surface area (Å²) in [6.45, 7) is 6.63. The molecule has 1 fully saturated rings. The van der Waals surface area contributed by atoms with E-state index in [1.165, 1.54) is 24.8 Å². The van der Waals surface area contributed by atoms with Crippen LogP contribution in [0, 0.1) is 5.92 Å². The Morgan fingerprint density at radius 2 is 1.74 bits per heavy atom. The fourth-order valence-corrected chi connectivity index (χ4v) is 3.61. The van der Waals surface area contributed by atoms with Crippen molar-refractivity contribution in [3.8, 4) is 11.3 Å². The van der Waals surface area contributed by atoms with E-state index in [1.807, 2.05) is 6.07 Å². The SMILES string of the molecule is CC(C)Cc1nc(N2CCCCC2)c2[nH]c(-c3ccccc3)cc2n1.Cl.O. The molecule has 27 heavy (non-hydrogen) atoms. The number of rotatable bonds is 4. The van der Waals surface area contributed by atoms with Gasteiger partial charge in [0, 0.05) is 25.2 Å². The number of nitrogens with one attached hydrogen (secondary N) is 1. The minimum absolute atomic E-state index is 0. The molecule has 1 aromatic carbocycles. The molecule has 5 nitrogen and oxygen atoms in total. The molecular formula is C21H29ClN4O. The number of halogens is 1.